The Bertz CT molecular complexity index is 881. The fraction of sp³-hybridized carbons (Fsp3) is 0.500. The van der Waals surface area contributed by atoms with Gasteiger partial charge < -0.3 is 24.6 Å². The van der Waals surface area contributed by atoms with Gasteiger partial charge in [-0.05, 0) is 42.7 Å². The van der Waals surface area contributed by atoms with Crippen LogP contribution in [0.2, 0.25) is 0 Å². The van der Waals surface area contributed by atoms with Gasteiger partial charge in [-0.15, -0.1) is 0 Å². The monoisotopic (exact) mass is 461 g/mol. The average molecular weight is 462 g/mol. The molecular formula is C24H31NO6S. The van der Waals surface area contributed by atoms with Crippen LogP contribution in [0.1, 0.15) is 66.8 Å². The number of carbonyl (C=O) groups is 2. The molecule has 1 aliphatic heterocycles. The van der Waals surface area contributed by atoms with Crippen LogP contribution in [-0.4, -0.2) is 48.0 Å². The van der Waals surface area contributed by atoms with E-state index in [0.717, 1.165) is 36.9 Å². The average Bonchev–Trinajstić information content (AvgIpc) is 3.43. The zero-order valence-electron chi connectivity index (χ0n) is 18.4. The number of esters is 1. The normalized spacial score (nSPS) is 16.9. The van der Waals surface area contributed by atoms with Crippen LogP contribution < -0.4 is 9.64 Å². The zero-order valence-corrected chi connectivity index (χ0v) is 19.2. The Hall–Kier alpha value is -2.42. The molecule has 2 aromatic rings. The third-order valence-corrected chi connectivity index (χ3v) is 6.47. The number of aliphatic hydroxyl groups is 2. The molecule has 0 radical (unpaired) electrons. The second-order valence-electron chi connectivity index (χ2n) is 7.85. The molecule has 0 aliphatic carbocycles. The minimum atomic E-state index is -0.492. The SMILES string of the molecule is CCCCCC(O)c1ccc(N2C(=O)CC[C@@H]2COc2ccc(C(=O)OCCO)s2)cc1. The summed E-state index contributed by atoms with van der Waals surface area (Å²) >= 11 is 1.18. The quantitative estimate of drug-likeness (QED) is 0.365. The number of thiophene rings is 1. The third kappa shape index (κ3) is 6.31. The van der Waals surface area contributed by atoms with Crippen molar-refractivity contribution in [2.75, 3.05) is 24.7 Å². The van der Waals surface area contributed by atoms with Crippen molar-refractivity contribution >= 4 is 28.9 Å². The predicted molar refractivity (Wildman–Crippen MR) is 123 cm³/mol. The standard InChI is InChI=1S/C24H31NO6S/c1-2-3-4-5-20(27)17-6-8-18(9-7-17)25-19(10-12-22(25)28)16-31-23-13-11-21(32-23)24(29)30-15-14-26/h6-9,11,13,19-20,26-27H,2-5,10,12,14-16H2,1H3/t19-,20?/m1/s1. The van der Waals surface area contributed by atoms with Gasteiger partial charge in [0, 0.05) is 12.1 Å². The van der Waals surface area contributed by atoms with Crippen LogP contribution in [0.5, 0.6) is 5.06 Å². The van der Waals surface area contributed by atoms with Gasteiger partial charge in [0.05, 0.1) is 18.8 Å². The van der Waals surface area contributed by atoms with E-state index >= 15 is 0 Å². The largest absolute Gasteiger partial charge is 0.482 e. The number of unbranched alkanes of at least 4 members (excludes halogenated alkanes) is 2. The summed E-state index contributed by atoms with van der Waals surface area (Å²) in [4.78, 5) is 26.5. The van der Waals surface area contributed by atoms with Gasteiger partial charge in [-0.1, -0.05) is 49.7 Å². The van der Waals surface area contributed by atoms with Crippen molar-refractivity contribution in [3.63, 3.8) is 0 Å². The summed E-state index contributed by atoms with van der Waals surface area (Å²) in [6.07, 6.45) is 4.62. The van der Waals surface area contributed by atoms with Crippen molar-refractivity contribution in [1.82, 2.24) is 0 Å². The number of anilines is 1. The maximum absolute atomic E-state index is 12.5. The van der Waals surface area contributed by atoms with Gasteiger partial charge in [-0.25, -0.2) is 4.79 Å². The number of rotatable bonds is 12. The molecule has 174 valence electrons. The summed E-state index contributed by atoms with van der Waals surface area (Å²) in [6, 6.07) is 10.8. The number of carbonyl (C=O) groups excluding carboxylic acids is 2. The molecule has 0 bridgehead atoms. The number of ether oxygens (including phenoxy) is 2. The van der Waals surface area contributed by atoms with Crippen LogP contribution in [0.25, 0.3) is 0 Å². The number of aliphatic hydroxyl groups excluding tert-OH is 2. The molecule has 32 heavy (non-hydrogen) atoms. The van der Waals surface area contributed by atoms with Crippen molar-refractivity contribution < 1.29 is 29.3 Å². The molecule has 1 saturated heterocycles. The van der Waals surface area contributed by atoms with E-state index in [4.69, 9.17) is 14.6 Å². The van der Waals surface area contributed by atoms with Crippen molar-refractivity contribution in [2.24, 2.45) is 0 Å². The number of benzene rings is 1. The first-order chi connectivity index (χ1) is 15.5. The summed E-state index contributed by atoms with van der Waals surface area (Å²) in [6.45, 7) is 2.20. The van der Waals surface area contributed by atoms with Crippen LogP contribution in [0.15, 0.2) is 36.4 Å². The lowest BCUT2D eigenvalue weighted by atomic mass is 10.0. The fourth-order valence-corrected chi connectivity index (χ4v) is 4.52. The topological polar surface area (TPSA) is 96.3 Å². The lowest BCUT2D eigenvalue weighted by molar-refractivity contribution is -0.117. The number of nitrogens with zero attached hydrogens (tertiary/aromatic N) is 1. The molecule has 1 aromatic carbocycles. The van der Waals surface area contributed by atoms with Gasteiger partial charge >= 0.3 is 5.97 Å². The van der Waals surface area contributed by atoms with Crippen molar-refractivity contribution in [3.8, 4) is 5.06 Å². The highest BCUT2D eigenvalue weighted by Crippen LogP contribution is 2.31. The van der Waals surface area contributed by atoms with E-state index in [0.29, 0.717) is 29.4 Å². The van der Waals surface area contributed by atoms with Gasteiger partial charge in [0.1, 0.15) is 18.1 Å². The van der Waals surface area contributed by atoms with E-state index < -0.39 is 12.1 Å². The first-order valence-corrected chi connectivity index (χ1v) is 12.0. The zero-order chi connectivity index (χ0) is 22.9. The van der Waals surface area contributed by atoms with Crippen LogP contribution in [0.4, 0.5) is 5.69 Å². The van der Waals surface area contributed by atoms with Gasteiger partial charge in [0.2, 0.25) is 5.91 Å². The fourth-order valence-electron chi connectivity index (χ4n) is 3.76. The highest BCUT2D eigenvalue weighted by molar-refractivity contribution is 7.15. The molecule has 1 aliphatic rings. The van der Waals surface area contributed by atoms with E-state index in [1.807, 2.05) is 24.3 Å². The van der Waals surface area contributed by atoms with Gasteiger partial charge in [0.15, 0.2) is 5.06 Å². The molecule has 2 atom stereocenters. The summed E-state index contributed by atoms with van der Waals surface area (Å²) in [5, 5.41) is 19.7. The molecule has 7 nitrogen and oxygen atoms in total. The lowest BCUT2D eigenvalue weighted by Crippen LogP contribution is -2.37. The van der Waals surface area contributed by atoms with Crippen LogP contribution in [-0.2, 0) is 9.53 Å². The first kappa shape index (κ1) is 24.2. The second kappa shape index (κ2) is 12.0. The molecule has 2 N–H and O–H groups in total. The second-order valence-corrected chi connectivity index (χ2v) is 8.89. The smallest absolute Gasteiger partial charge is 0.348 e. The van der Waals surface area contributed by atoms with Gasteiger partial charge in [-0.2, -0.15) is 0 Å². The van der Waals surface area contributed by atoms with Gasteiger partial charge in [0.25, 0.3) is 0 Å². The molecule has 2 heterocycles. The van der Waals surface area contributed by atoms with E-state index in [-0.39, 0.29) is 25.2 Å². The van der Waals surface area contributed by atoms with Crippen LogP contribution in [0.3, 0.4) is 0 Å². The Morgan fingerprint density at radius 1 is 1.22 bits per heavy atom. The maximum Gasteiger partial charge on any atom is 0.348 e. The molecule has 1 aromatic heterocycles. The Kier molecular flexibility index (Phi) is 9.08. The molecule has 1 unspecified atom stereocenters. The van der Waals surface area contributed by atoms with E-state index in [9.17, 15) is 14.7 Å². The lowest BCUT2D eigenvalue weighted by Gasteiger charge is -2.25. The van der Waals surface area contributed by atoms with E-state index in [1.54, 1.807) is 17.0 Å². The summed E-state index contributed by atoms with van der Waals surface area (Å²) in [5.74, 6) is -0.442. The highest BCUT2D eigenvalue weighted by atomic mass is 32.1. The molecule has 0 saturated carbocycles. The maximum atomic E-state index is 12.5. The van der Waals surface area contributed by atoms with Crippen molar-refractivity contribution in [3.05, 3.63) is 46.8 Å². The Balaban J connectivity index is 1.58. The molecule has 1 fully saturated rings. The van der Waals surface area contributed by atoms with E-state index in [1.165, 1.54) is 11.3 Å². The number of hydrogen-bond acceptors (Lipinski definition) is 7. The molecule has 8 heteroatoms. The number of amides is 1. The Labute approximate surface area is 192 Å². The minimum Gasteiger partial charge on any atom is -0.482 e. The summed E-state index contributed by atoms with van der Waals surface area (Å²) in [5.41, 5.74) is 1.66. The molecule has 3 rings (SSSR count). The van der Waals surface area contributed by atoms with Crippen molar-refractivity contribution in [1.29, 1.82) is 0 Å². The van der Waals surface area contributed by atoms with E-state index in [2.05, 4.69) is 6.92 Å². The first-order valence-electron chi connectivity index (χ1n) is 11.1. The minimum absolute atomic E-state index is 0.0410. The molecule has 0 spiro atoms. The highest BCUT2D eigenvalue weighted by Gasteiger charge is 2.33. The Morgan fingerprint density at radius 2 is 2.00 bits per heavy atom. The third-order valence-electron chi connectivity index (χ3n) is 5.49. The summed E-state index contributed by atoms with van der Waals surface area (Å²) in [7, 11) is 0. The molecular weight excluding hydrogens is 430 g/mol. The Morgan fingerprint density at radius 3 is 2.72 bits per heavy atom. The van der Waals surface area contributed by atoms with Crippen LogP contribution >= 0.6 is 11.3 Å². The predicted octanol–water partition coefficient (Wildman–Crippen LogP) is 4.09. The molecule has 1 amide bonds. The van der Waals surface area contributed by atoms with Crippen LogP contribution in [0, 0.1) is 0 Å². The van der Waals surface area contributed by atoms with Gasteiger partial charge in [-0.3, -0.25) is 4.79 Å². The summed E-state index contributed by atoms with van der Waals surface area (Å²) < 4.78 is 10.8. The van der Waals surface area contributed by atoms with Crippen molar-refractivity contribution in [2.45, 2.75) is 57.6 Å². The number of hydrogen-bond donors (Lipinski definition) is 2.